The van der Waals surface area contributed by atoms with Crippen LogP contribution in [0.25, 0.3) is 11.2 Å². The fraction of sp³-hybridized carbons (Fsp3) is 0.478. The summed E-state index contributed by atoms with van der Waals surface area (Å²) in [4.78, 5) is 25.8. The van der Waals surface area contributed by atoms with Gasteiger partial charge in [-0.2, -0.15) is 0 Å². The number of hydrogen-bond acceptors (Lipinski definition) is 8. The van der Waals surface area contributed by atoms with E-state index in [0.29, 0.717) is 47.6 Å². The number of fused-ring (bicyclic) bond motifs is 1. The minimum absolute atomic E-state index is 0.274. The Morgan fingerprint density at radius 3 is 2.82 bits per heavy atom. The fourth-order valence-corrected chi connectivity index (χ4v) is 4.45. The highest BCUT2D eigenvalue weighted by atomic mass is 16.3. The van der Waals surface area contributed by atoms with E-state index in [0.717, 1.165) is 12.8 Å². The smallest absolute Gasteiger partial charge is 0.225 e. The zero-order chi connectivity index (χ0) is 22.9. The number of carbonyl (C=O) groups is 1. The van der Waals surface area contributed by atoms with E-state index in [4.69, 9.17) is 4.42 Å². The van der Waals surface area contributed by atoms with E-state index in [2.05, 4.69) is 37.4 Å². The summed E-state index contributed by atoms with van der Waals surface area (Å²) in [6.45, 7) is 0.354. The van der Waals surface area contributed by atoms with Gasteiger partial charge in [-0.25, -0.2) is 15.0 Å². The number of carbonyl (C=O) groups excluding carboxylic acids is 1. The Hall–Kier alpha value is -3.42. The van der Waals surface area contributed by atoms with Gasteiger partial charge in [-0.05, 0) is 49.7 Å². The average Bonchev–Trinajstić information content (AvgIpc) is 3.51. The molecule has 0 radical (unpaired) electrons. The number of aliphatic hydroxyl groups excluding tert-OH is 2. The number of anilines is 1. The minimum Gasteiger partial charge on any atom is -0.456 e. The van der Waals surface area contributed by atoms with E-state index >= 15 is 0 Å². The molecule has 5 rings (SSSR count). The Kier molecular flexibility index (Phi) is 5.74. The number of nitrogens with zero attached hydrogens (tertiary/aromatic N) is 4. The van der Waals surface area contributed by atoms with Crippen LogP contribution in [0.5, 0.6) is 0 Å². The monoisotopic (exact) mass is 450 g/mol. The molecule has 10 nitrogen and oxygen atoms in total. The Morgan fingerprint density at radius 2 is 2.12 bits per heavy atom. The summed E-state index contributed by atoms with van der Waals surface area (Å²) in [5, 5.41) is 26.9. The topological polar surface area (TPSA) is 138 Å². The Labute approximate surface area is 190 Å². The molecule has 10 heteroatoms. The zero-order valence-electron chi connectivity index (χ0n) is 18.2. The summed E-state index contributed by atoms with van der Waals surface area (Å²) in [5.41, 5.74) is 1.21. The number of imidazole rings is 1. The number of furan rings is 1. The number of rotatable bonds is 5. The lowest BCUT2D eigenvalue weighted by Gasteiger charge is -2.26. The number of aliphatic hydroxyl groups is 2. The van der Waals surface area contributed by atoms with Crippen molar-refractivity contribution in [3.63, 3.8) is 0 Å². The molecule has 0 aromatic carbocycles. The van der Waals surface area contributed by atoms with Crippen LogP contribution in [0, 0.1) is 23.7 Å². The molecule has 4 N–H and O–H groups in total. The van der Waals surface area contributed by atoms with Gasteiger partial charge in [0.05, 0.1) is 30.7 Å². The van der Waals surface area contributed by atoms with E-state index in [1.807, 2.05) is 4.57 Å². The molecular formula is C23H26N6O4. The molecule has 0 spiro atoms. The molecule has 33 heavy (non-hydrogen) atoms. The van der Waals surface area contributed by atoms with Gasteiger partial charge in [0.1, 0.15) is 0 Å². The second-order valence-corrected chi connectivity index (χ2v) is 8.66. The van der Waals surface area contributed by atoms with E-state index in [1.54, 1.807) is 24.7 Å². The van der Waals surface area contributed by atoms with Crippen LogP contribution in [0.3, 0.4) is 0 Å². The lowest BCUT2D eigenvalue weighted by atomic mass is 9.93. The maximum atomic E-state index is 12.1. The molecular weight excluding hydrogens is 424 g/mol. The lowest BCUT2D eigenvalue weighted by molar-refractivity contribution is -0.128. The van der Waals surface area contributed by atoms with Crippen LogP contribution in [-0.4, -0.2) is 60.9 Å². The van der Waals surface area contributed by atoms with Crippen molar-refractivity contribution in [1.82, 2.24) is 24.8 Å². The van der Waals surface area contributed by atoms with Crippen molar-refractivity contribution in [3.8, 4) is 11.8 Å². The van der Waals surface area contributed by atoms with Crippen molar-refractivity contribution in [2.24, 2.45) is 11.8 Å². The van der Waals surface area contributed by atoms with Gasteiger partial charge >= 0.3 is 0 Å². The van der Waals surface area contributed by atoms with E-state index in [1.165, 1.54) is 13.5 Å². The predicted molar refractivity (Wildman–Crippen MR) is 119 cm³/mol. The Balaban J connectivity index is 1.47. The molecule has 2 aliphatic rings. The first-order valence-electron chi connectivity index (χ1n) is 11.2. The first-order valence-corrected chi connectivity index (χ1v) is 11.2. The molecule has 3 heterocycles. The number of aromatic nitrogens is 4. The van der Waals surface area contributed by atoms with Crippen LogP contribution in [0.2, 0.25) is 0 Å². The highest BCUT2D eigenvalue weighted by Gasteiger charge is 2.44. The average molecular weight is 450 g/mol. The normalized spacial score (nSPS) is 24.8. The van der Waals surface area contributed by atoms with Crippen LogP contribution in [0.1, 0.15) is 37.3 Å². The molecule has 172 valence electrons. The number of hydrogen-bond donors (Lipinski definition) is 4. The van der Waals surface area contributed by atoms with Crippen LogP contribution in [0.15, 0.2) is 29.1 Å². The predicted octanol–water partition coefficient (Wildman–Crippen LogP) is 0.887. The van der Waals surface area contributed by atoms with Crippen LogP contribution in [0.4, 0.5) is 5.82 Å². The summed E-state index contributed by atoms with van der Waals surface area (Å²) in [6, 6.07) is 3.87. The maximum Gasteiger partial charge on any atom is 0.225 e. The van der Waals surface area contributed by atoms with Gasteiger partial charge in [0.2, 0.25) is 11.7 Å². The van der Waals surface area contributed by atoms with Crippen molar-refractivity contribution in [2.75, 3.05) is 12.4 Å². The third kappa shape index (κ3) is 4.17. The van der Waals surface area contributed by atoms with Crippen molar-refractivity contribution in [2.45, 2.75) is 50.5 Å². The Morgan fingerprint density at radius 1 is 1.27 bits per heavy atom. The second-order valence-electron chi connectivity index (χ2n) is 8.66. The van der Waals surface area contributed by atoms with E-state index in [-0.39, 0.29) is 11.8 Å². The summed E-state index contributed by atoms with van der Waals surface area (Å²) in [6.07, 6.45) is 4.79. The van der Waals surface area contributed by atoms with Gasteiger partial charge in [0, 0.05) is 25.6 Å². The summed E-state index contributed by atoms with van der Waals surface area (Å²) in [7, 11) is 1.52. The van der Waals surface area contributed by atoms with Gasteiger partial charge < -0.3 is 29.8 Å². The molecule has 2 fully saturated rings. The van der Waals surface area contributed by atoms with Crippen LogP contribution < -0.4 is 10.6 Å². The highest BCUT2D eigenvalue weighted by molar-refractivity contribution is 5.83. The van der Waals surface area contributed by atoms with Crippen LogP contribution >= 0.6 is 0 Å². The largest absolute Gasteiger partial charge is 0.456 e. The second kappa shape index (κ2) is 8.84. The molecule has 0 aliphatic heterocycles. The molecule has 3 aromatic heterocycles. The minimum atomic E-state index is -1.11. The van der Waals surface area contributed by atoms with Crippen molar-refractivity contribution < 1.29 is 19.4 Å². The van der Waals surface area contributed by atoms with Gasteiger partial charge in [-0.1, -0.05) is 0 Å². The summed E-state index contributed by atoms with van der Waals surface area (Å²) < 4.78 is 7.10. The molecule has 0 bridgehead atoms. The quantitative estimate of drug-likeness (QED) is 0.421. The summed E-state index contributed by atoms with van der Waals surface area (Å²) in [5.74, 6) is 6.11. The molecule has 3 aromatic rings. The van der Waals surface area contributed by atoms with Crippen molar-refractivity contribution >= 4 is 22.9 Å². The number of amides is 1. The zero-order valence-corrected chi connectivity index (χ0v) is 18.2. The SMILES string of the molecule is CNC(=O)[C@H]1C[C@@H](Cn2cnc3c(NC4CCC4)nc(C#Cc4ccco4)nc32)[C@H](O)[C@@H]1O. The molecule has 0 saturated heterocycles. The highest BCUT2D eigenvalue weighted by Crippen LogP contribution is 2.34. The van der Waals surface area contributed by atoms with Gasteiger partial charge in [0.25, 0.3) is 0 Å². The fourth-order valence-electron chi connectivity index (χ4n) is 4.45. The molecule has 1 amide bonds. The van der Waals surface area contributed by atoms with Gasteiger partial charge in [0.15, 0.2) is 22.7 Å². The Bertz CT molecular complexity index is 1210. The molecule has 4 atom stereocenters. The molecule has 2 saturated carbocycles. The first kappa shape index (κ1) is 21.4. The van der Waals surface area contributed by atoms with Crippen LogP contribution in [-0.2, 0) is 11.3 Å². The standard InChI is InChI=1S/C23H26N6O4/c1-24-23(32)16-10-13(19(30)20(16)31)11-29-12-25-18-21(26-14-4-2-5-14)27-17(28-22(18)29)8-7-15-6-3-9-33-15/h3,6,9,12-14,16,19-20,30-31H,2,4-5,10-11H2,1H3,(H,24,32)(H,26,27,28)/t13-,16-,19-,20+/m0/s1. The van der Waals surface area contributed by atoms with E-state index < -0.39 is 18.1 Å². The first-order chi connectivity index (χ1) is 16.0. The maximum absolute atomic E-state index is 12.1. The van der Waals surface area contributed by atoms with Gasteiger partial charge in [-0.3, -0.25) is 4.79 Å². The third-order valence-electron chi connectivity index (χ3n) is 6.54. The molecule has 0 unspecified atom stereocenters. The molecule has 2 aliphatic carbocycles. The van der Waals surface area contributed by atoms with Crippen molar-refractivity contribution in [3.05, 3.63) is 36.3 Å². The number of nitrogens with one attached hydrogen (secondary N) is 2. The third-order valence-corrected chi connectivity index (χ3v) is 6.54. The van der Waals surface area contributed by atoms with E-state index in [9.17, 15) is 15.0 Å². The summed E-state index contributed by atoms with van der Waals surface area (Å²) >= 11 is 0. The lowest BCUT2D eigenvalue weighted by Crippen LogP contribution is -2.36. The van der Waals surface area contributed by atoms with Crippen molar-refractivity contribution in [1.29, 1.82) is 0 Å². The van der Waals surface area contributed by atoms with Gasteiger partial charge in [-0.15, -0.1) is 0 Å².